The normalized spacial score (nSPS) is 11.1. The van der Waals surface area contributed by atoms with E-state index in [2.05, 4.69) is 5.32 Å². The monoisotopic (exact) mass is 311 g/mol. The predicted octanol–water partition coefficient (Wildman–Crippen LogP) is 5.30. The summed E-state index contributed by atoms with van der Waals surface area (Å²) in [5.41, 5.74) is 2.58. The molecule has 0 saturated heterocycles. The van der Waals surface area contributed by atoms with E-state index in [1.165, 1.54) is 12.1 Å². The van der Waals surface area contributed by atoms with Crippen LogP contribution in [0.4, 0.5) is 4.39 Å². The zero-order valence-electron chi connectivity index (χ0n) is 11.4. The van der Waals surface area contributed by atoms with E-state index >= 15 is 0 Å². The number of rotatable bonds is 4. The van der Waals surface area contributed by atoms with Crippen molar-refractivity contribution in [2.24, 2.45) is 0 Å². The molecule has 0 aliphatic heterocycles. The molecule has 2 aromatic rings. The fraction of sp³-hybridized carbons (Fsp3) is 0.250. The minimum Gasteiger partial charge on any atom is -0.310 e. The molecule has 4 heteroatoms. The van der Waals surface area contributed by atoms with Gasteiger partial charge in [0.15, 0.2) is 0 Å². The van der Waals surface area contributed by atoms with E-state index < -0.39 is 0 Å². The molecule has 0 bridgehead atoms. The Morgan fingerprint density at radius 1 is 1.10 bits per heavy atom. The van der Waals surface area contributed by atoms with Crippen LogP contribution < -0.4 is 5.32 Å². The van der Waals surface area contributed by atoms with Gasteiger partial charge in [-0.3, -0.25) is 0 Å². The molecule has 2 aromatic carbocycles. The second-order valence-electron chi connectivity index (χ2n) is 4.94. The molecular weight excluding hydrogens is 296 g/mol. The summed E-state index contributed by atoms with van der Waals surface area (Å²) < 4.78 is 13.5. The number of hydrogen-bond acceptors (Lipinski definition) is 1. The first-order valence-electron chi connectivity index (χ1n) is 6.45. The number of hydrogen-bond donors (Lipinski definition) is 1. The lowest BCUT2D eigenvalue weighted by molar-refractivity contribution is 0.582. The Bertz CT molecular complexity index is 611. The molecular formula is C16H16Cl2FN. The lowest BCUT2D eigenvalue weighted by Crippen LogP contribution is -2.22. The van der Waals surface area contributed by atoms with Crippen LogP contribution in [0.3, 0.4) is 0 Å². The molecule has 2 rings (SSSR count). The van der Waals surface area contributed by atoms with E-state index in [0.29, 0.717) is 22.6 Å². The third kappa shape index (κ3) is 3.51. The Hall–Kier alpha value is -1.09. The molecule has 0 amide bonds. The highest BCUT2D eigenvalue weighted by Gasteiger charge is 2.12. The number of nitrogens with one attached hydrogen (secondary N) is 1. The maximum absolute atomic E-state index is 13.5. The molecule has 0 radical (unpaired) electrons. The zero-order chi connectivity index (χ0) is 14.7. The van der Waals surface area contributed by atoms with Crippen molar-refractivity contribution in [3.8, 4) is 11.1 Å². The Morgan fingerprint density at radius 2 is 1.85 bits per heavy atom. The molecule has 106 valence electrons. The molecule has 0 atom stereocenters. The highest BCUT2D eigenvalue weighted by molar-refractivity contribution is 6.43. The molecule has 0 aliphatic rings. The van der Waals surface area contributed by atoms with Crippen LogP contribution in [0, 0.1) is 5.82 Å². The van der Waals surface area contributed by atoms with Gasteiger partial charge in [0, 0.05) is 18.2 Å². The summed E-state index contributed by atoms with van der Waals surface area (Å²) in [6.45, 7) is 4.67. The highest BCUT2D eigenvalue weighted by Crippen LogP contribution is 2.35. The van der Waals surface area contributed by atoms with Gasteiger partial charge in [-0.05, 0) is 29.3 Å². The molecule has 0 heterocycles. The van der Waals surface area contributed by atoms with E-state index in [4.69, 9.17) is 23.2 Å². The Morgan fingerprint density at radius 3 is 2.55 bits per heavy atom. The molecule has 1 nitrogen and oxygen atoms in total. The van der Waals surface area contributed by atoms with Gasteiger partial charge in [0.2, 0.25) is 0 Å². The Balaban J connectivity index is 2.47. The van der Waals surface area contributed by atoms with Crippen molar-refractivity contribution >= 4 is 23.2 Å². The first-order chi connectivity index (χ1) is 9.49. The summed E-state index contributed by atoms with van der Waals surface area (Å²) in [5, 5.41) is 4.28. The first kappa shape index (κ1) is 15.3. The maximum Gasteiger partial charge on any atom is 0.123 e. The molecule has 20 heavy (non-hydrogen) atoms. The Labute approximate surface area is 128 Å². The van der Waals surface area contributed by atoms with Crippen molar-refractivity contribution in [2.75, 3.05) is 0 Å². The summed E-state index contributed by atoms with van der Waals surface area (Å²) in [5.74, 6) is -0.257. The lowest BCUT2D eigenvalue weighted by atomic mass is 9.99. The Kier molecular flexibility index (Phi) is 5.03. The third-order valence-corrected chi connectivity index (χ3v) is 3.83. The van der Waals surface area contributed by atoms with Crippen LogP contribution in [-0.4, -0.2) is 6.04 Å². The van der Waals surface area contributed by atoms with Crippen molar-refractivity contribution in [1.82, 2.24) is 5.32 Å². The summed E-state index contributed by atoms with van der Waals surface area (Å²) in [6, 6.07) is 10.5. The van der Waals surface area contributed by atoms with Gasteiger partial charge in [-0.2, -0.15) is 0 Å². The first-order valence-corrected chi connectivity index (χ1v) is 7.21. The quantitative estimate of drug-likeness (QED) is 0.808. The van der Waals surface area contributed by atoms with Gasteiger partial charge in [0.1, 0.15) is 5.82 Å². The second kappa shape index (κ2) is 6.57. The van der Waals surface area contributed by atoms with Crippen molar-refractivity contribution in [3.63, 3.8) is 0 Å². The molecule has 0 aromatic heterocycles. The average molecular weight is 312 g/mol. The van der Waals surface area contributed by atoms with E-state index in [0.717, 1.165) is 16.7 Å². The van der Waals surface area contributed by atoms with Crippen molar-refractivity contribution in [1.29, 1.82) is 0 Å². The third-order valence-electron chi connectivity index (χ3n) is 3.01. The van der Waals surface area contributed by atoms with E-state index in [1.54, 1.807) is 12.1 Å². The second-order valence-corrected chi connectivity index (χ2v) is 5.72. The number of halogens is 3. The molecule has 1 N–H and O–H groups in total. The fourth-order valence-electron chi connectivity index (χ4n) is 2.00. The molecule has 0 fully saturated rings. The van der Waals surface area contributed by atoms with Crippen molar-refractivity contribution in [3.05, 3.63) is 57.8 Å². The van der Waals surface area contributed by atoms with E-state index in [1.807, 2.05) is 26.0 Å². The van der Waals surface area contributed by atoms with Crippen LogP contribution >= 0.6 is 23.2 Å². The highest BCUT2D eigenvalue weighted by atomic mass is 35.5. The standard InChI is InChI=1S/C16H16Cl2FN/c1-10(2)20-9-11-8-12(19)6-7-13(11)14-4-3-5-15(17)16(14)18/h3-8,10,20H,9H2,1-2H3. The van der Waals surface area contributed by atoms with Gasteiger partial charge in [-0.1, -0.05) is 55.2 Å². The van der Waals surface area contributed by atoms with Crippen LogP contribution in [0.5, 0.6) is 0 Å². The summed E-state index contributed by atoms with van der Waals surface area (Å²) in [6.07, 6.45) is 0. The smallest absolute Gasteiger partial charge is 0.123 e. The fourth-order valence-corrected chi connectivity index (χ4v) is 2.40. The number of benzene rings is 2. The maximum atomic E-state index is 13.5. The van der Waals surface area contributed by atoms with E-state index in [-0.39, 0.29) is 5.82 Å². The van der Waals surface area contributed by atoms with Crippen LogP contribution in [-0.2, 0) is 6.54 Å². The van der Waals surface area contributed by atoms with Crippen LogP contribution in [0.2, 0.25) is 10.0 Å². The molecule has 0 saturated carbocycles. The summed E-state index contributed by atoms with van der Waals surface area (Å²) in [4.78, 5) is 0. The van der Waals surface area contributed by atoms with Gasteiger partial charge >= 0.3 is 0 Å². The topological polar surface area (TPSA) is 12.0 Å². The zero-order valence-corrected chi connectivity index (χ0v) is 12.9. The van der Waals surface area contributed by atoms with Crippen LogP contribution in [0.15, 0.2) is 36.4 Å². The van der Waals surface area contributed by atoms with Crippen molar-refractivity contribution < 1.29 is 4.39 Å². The van der Waals surface area contributed by atoms with Gasteiger partial charge in [0.05, 0.1) is 10.0 Å². The predicted molar refractivity (Wildman–Crippen MR) is 83.8 cm³/mol. The van der Waals surface area contributed by atoms with Gasteiger partial charge in [-0.15, -0.1) is 0 Å². The molecule has 0 spiro atoms. The summed E-state index contributed by atoms with van der Waals surface area (Å²) >= 11 is 12.3. The SMILES string of the molecule is CC(C)NCc1cc(F)ccc1-c1cccc(Cl)c1Cl. The van der Waals surface area contributed by atoms with Crippen LogP contribution in [0.25, 0.3) is 11.1 Å². The van der Waals surface area contributed by atoms with E-state index in [9.17, 15) is 4.39 Å². The minimum absolute atomic E-state index is 0.257. The van der Waals surface area contributed by atoms with Gasteiger partial charge < -0.3 is 5.32 Å². The average Bonchev–Trinajstić information content (AvgIpc) is 2.40. The van der Waals surface area contributed by atoms with Gasteiger partial charge in [-0.25, -0.2) is 4.39 Å². The van der Waals surface area contributed by atoms with Crippen LogP contribution in [0.1, 0.15) is 19.4 Å². The lowest BCUT2D eigenvalue weighted by Gasteiger charge is -2.14. The largest absolute Gasteiger partial charge is 0.310 e. The molecule has 0 aliphatic carbocycles. The summed E-state index contributed by atoms with van der Waals surface area (Å²) in [7, 11) is 0. The van der Waals surface area contributed by atoms with Crippen molar-refractivity contribution in [2.45, 2.75) is 26.4 Å². The minimum atomic E-state index is -0.257. The van der Waals surface area contributed by atoms with Gasteiger partial charge in [0.25, 0.3) is 0 Å². The molecule has 0 unspecified atom stereocenters.